The second-order valence-corrected chi connectivity index (χ2v) is 7.48. The van der Waals surface area contributed by atoms with Crippen LogP contribution in [0, 0.1) is 18.8 Å². The molecule has 5 nitrogen and oxygen atoms in total. The molecule has 1 aromatic carbocycles. The van der Waals surface area contributed by atoms with Gasteiger partial charge in [0.15, 0.2) is 5.78 Å². The number of rotatable bonds is 5. The van der Waals surface area contributed by atoms with E-state index < -0.39 is 0 Å². The summed E-state index contributed by atoms with van der Waals surface area (Å²) in [5.74, 6) is 2.39. The third-order valence-corrected chi connectivity index (χ3v) is 5.59. The number of phenols is 1. The number of nitrogens with zero attached hydrogens (tertiary/aromatic N) is 2. The van der Waals surface area contributed by atoms with Crippen LogP contribution in [0.2, 0.25) is 0 Å². The van der Waals surface area contributed by atoms with Crippen LogP contribution >= 0.6 is 0 Å². The van der Waals surface area contributed by atoms with Crippen molar-refractivity contribution < 1.29 is 14.6 Å². The van der Waals surface area contributed by atoms with Gasteiger partial charge in [-0.15, -0.1) is 0 Å². The van der Waals surface area contributed by atoms with Crippen molar-refractivity contribution in [2.45, 2.75) is 25.9 Å². The molecular formula is C21H24N2O3. The van der Waals surface area contributed by atoms with E-state index in [1.807, 2.05) is 19.1 Å². The van der Waals surface area contributed by atoms with Gasteiger partial charge in [-0.05, 0) is 68.0 Å². The molecule has 0 radical (unpaired) electrons. The standard InChI is InChI=1S/C21H24N2O3/c1-14-21(3-2-8-22-14)26-19-9-16-11-23(12-17(16)10-19)13-20(25)15-4-6-18(24)7-5-15/h2-8,16-17,19,24H,9-13H2,1H3/t16-,17+,19-. The van der Waals surface area contributed by atoms with Crippen LogP contribution < -0.4 is 4.74 Å². The third-order valence-electron chi connectivity index (χ3n) is 5.59. The molecule has 5 heteroatoms. The molecule has 2 aromatic rings. The second kappa shape index (κ2) is 7.08. The summed E-state index contributed by atoms with van der Waals surface area (Å²) in [6.45, 7) is 4.34. The summed E-state index contributed by atoms with van der Waals surface area (Å²) < 4.78 is 6.17. The second-order valence-electron chi connectivity index (χ2n) is 7.48. The van der Waals surface area contributed by atoms with Crippen molar-refractivity contribution in [1.29, 1.82) is 0 Å². The first-order valence-electron chi connectivity index (χ1n) is 9.21. The van der Waals surface area contributed by atoms with E-state index in [2.05, 4.69) is 9.88 Å². The van der Waals surface area contributed by atoms with Gasteiger partial charge in [0, 0.05) is 24.8 Å². The molecule has 1 aromatic heterocycles. The van der Waals surface area contributed by atoms with Gasteiger partial charge in [-0.1, -0.05) is 0 Å². The average molecular weight is 352 g/mol. The Labute approximate surface area is 153 Å². The summed E-state index contributed by atoms with van der Waals surface area (Å²) in [5, 5.41) is 9.34. The van der Waals surface area contributed by atoms with Crippen LogP contribution in [-0.4, -0.2) is 46.5 Å². The fraction of sp³-hybridized carbons (Fsp3) is 0.429. The molecule has 1 aliphatic carbocycles. The van der Waals surface area contributed by atoms with Crippen molar-refractivity contribution >= 4 is 5.78 Å². The molecule has 0 bridgehead atoms. The number of benzene rings is 1. The minimum absolute atomic E-state index is 0.115. The smallest absolute Gasteiger partial charge is 0.176 e. The van der Waals surface area contributed by atoms with E-state index in [9.17, 15) is 9.90 Å². The quantitative estimate of drug-likeness (QED) is 0.838. The number of pyridine rings is 1. The third kappa shape index (κ3) is 3.58. The van der Waals surface area contributed by atoms with E-state index in [1.54, 1.807) is 30.5 Å². The van der Waals surface area contributed by atoms with Gasteiger partial charge < -0.3 is 9.84 Å². The SMILES string of the molecule is Cc1ncccc1O[C@@H]1C[C@@H]2CN(CC(=O)c3ccc(O)cc3)C[C@@H]2C1. The minimum atomic E-state index is 0.115. The number of aromatic nitrogens is 1. The first-order valence-corrected chi connectivity index (χ1v) is 9.21. The number of carbonyl (C=O) groups excluding carboxylic acids is 1. The van der Waals surface area contributed by atoms with Crippen LogP contribution in [0.1, 0.15) is 28.9 Å². The van der Waals surface area contributed by atoms with Crippen molar-refractivity contribution in [3.63, 3.8) is 0 Å². The summed E-state index contributed by atoms with van der Waals surface area (Å²) in [4.78, 5) is 19.0. The van der Waals surface area contributed by atoms with E-state index in [-0.39, 0.29) is 17.6 Å². The molecule has 1 aliphatic heterocycles. The zero-order valence-electron chi connectivity index (χ0n) is 15.0. The Morgan fingerprint density at radius 3 is 2.54 bits per heavy atom. The predicted molar refractivity (Wildman–Crippen MR) is 98.5 cm³/mol. The number of fused-ring (bicyclic) bond motifs is 1. The molecule has 1 saturated carbocycles. The lowest BCUT2D eigenvalue weighted by Crippen LogP contribution is -2.30. The van der Waals surface area contributed by atoms with Gasteiger partial charge in [0.25, 0.3) is 0 Å². The molecule has 136 valence electrons. The molecule has 2 aliphatic rings. The lowest BCUT2D eigenvalue weighted by Gasteiger charge is -2.19. The Balaban J connectivity index is 1.30. The molecule has 26 heavy (non-hydrogen) atoms. The summed E-state index contributed by atoms with van der Waals surface area (Å²) in [6.07, 6.45) is 4.13. The molecule has 4 rings (SSSR count). The number of ether oxygens (including phenoxy) is 1. The molecule has 0 amide bonds. The summed E-state index contributed by atoms with van der Waals surface area (Å²) in [5.41, 5.74) is 1.60. The van der Waals surface area contributed by atoms with Gasteiger partial charge in [0.05, 0.1) is 18.3 Å². The first kappa shape index (κ1) is 17.0. The van der Waals surface area contributed by atoms with Crippen molar-refractivity contribution in [2.75, 3.05) is 19.6 Å². The predicted octanol–water partition coefficient (Wildman–Crippen LogP) is 3.07. The Kier molecular flexibility index (Phi) is 4.64. The van der Waals surface area contributed by atoms with E-state index in [4.69, 9.17) is 4.74 Å². The maximum atomic E-state index is 12.4. The lowest BCUT2D eigenvalue weighted by molar-refractivity contribution is 0.0936. The molecule has 2 fully saturated rings. The average Bonchev–Trinajstić information content (AvgIpc) is 3.15. The number of hydrogen-bond acceptors (Lipinski definition) is 5. The fourth-order valence-corrected chi connectivity index (χ4v) is 4.28. The molecular weight excluding hydrogens is 328 g/mol. The number of aryl methyl sites for hydroxylation is 1. The monoisotopic (exact) mass is 352 g/mol. The fourth-order valence-electron chi connectivity index (χ4n) is 4.28. The highest BCUT2D eigenvalue weighted by Gasteiger charge is 2.42. The number of likely N-dealkylation sites (tertiary alicyclic amines) is 1. The highest BCUT2D eigenvalue weighted by molar-refractivity contribution is 5.97. The van der Waals surface area contributed by atoms with Crippen LogP contribution in [0.15, 0.2) is 42.6 Å². The Morgan fingerprint density at radius 2 is 1.88 bits per heavy atom. The van der Waals surface area contributed by atoms with Crippen molar-refractivity contribution in [3.8, 4) is 11.5 Å². The lowest BCUT2D eigenvalue weighted by atomic mass is 10.0. The van der Waals surface area contributed by atoms with E-state index in [0.29, 0.717) is 23.9 Å². The van der Waals surface area contributed by atoms with Gasteiger partial charge in [-0.3, -0.25) is 14.7 Å². The zero-order chi connectivity index (χ0) is 18.1. The van der Waals surface area contributed by atoms with Crippen LogP contribution in [0.3, 0.4) is 0 Å². The van der Waals surface area contributed by atoms with E-state index in [0.717, 1.165) is 37.4 Å². The highest BCUT2D eigenvalue weighted by Crippen LogP contribution is 2.40. The van der Waals surface area contributed by atoms with Crippen LogP contribution in [0.25, 0.3) is 0 Å². The summed E-state index contributed by atoms with van der Waals surface area (Å²) >= 11 is 0. The number of Topliss-reactive ketones (excluding diaryl/α,β-unsaturated/α-hetero) is 1. The molecule has 3 atom stereocenters. The van der Waals surface area contributed by atoms with Gasteiger partial charge >= 0.3 is 0 Å². The summed E-state index contributed by atoms with van der Waals surface area (Å²) in [7, 11) is 0. The topological polar surface area (TPSA) is 62.7 Å². The number of phenolic OH excluding ortho intramolecular Hbond substituents is 1. The normalized spacial score (nSPS) is 25.2. The Morgan fingerprint density at radius 1 is 1.19 bits per heavy atom. The largest absolute Gasteiger partial charge is 0.508 e. The number of hydrogen-bond donors (Lipinski definition) is 1. The Hall–Kier alpha value is -2.40. The molecule has 0 spiro atoms. The van der Waals surface area contributed by atoms with Crippen molar-refractivity contribution in [2.24, 2.45) is 11.8 Å². The van der Waals surface area contributed by atoms with Crippen molar-refractivity contribution in [1.82, 2.24) is 9.88 Å². The minimum Gasteiger partial charge on any atom is -0.508 e. The van der Waals surface area contributed by atoms with Gasteiger partial charge in [-0.25, -0.2) is 0 Å². The Bertz CT molecular complexity index is 776. The zero-order valence-corrected chi connectivity index (χ0v) is 15.0. The van der Waals surface area contributed by atoms with E-state index in [1.165, 1.54) is 0 Å². The molecule has 1 N–H and O–H groups in total. The molecule has 0 unspecified atom stereocenters. The maximum Gasteiger partial charge on any atom is 0.176 e. The van der Waals surface area contributed by atoms with Crippen molar-refractivity contribution in [3.05, 3.63) is 53.9 Å². The van der Waals surface area contributed by atoms with Gasteiger partial charge in [0.1, 0.15) is 11.5 Å². The van der Waals surface area contributed by atoms with Gasteiger partial charge in [0.2, 0.25) is 0 Å². The maximum absolute atomic E-state index is 12.4. The molecule has 1 saturated heterocycles. The first-order chi connectivity index (χ1) is 12.6. The molecule has 2 heterocycles. The van der Waals surface area contributed by atoms with E-state index >= 15 is 0 Å². The van der Waals surface area contributed by atoms with Crippen LogP contribution in [-0.2, 0) is 0 Å². The number of carbonyl (C=O) groups is 1. The number of ketones is 1. The number of aromatic hydroxyl groups is 1. The van der Waals surface area contributed by atoms with Crippen LogP contribution in [0.5, 0.6) is 11.5 Å². The highest BCUT2D eigenvalue weighted by atomic mass is 16.5. The summed E-state index contributed by atoms with van der Waals surface area (Å²) in [6, 6.07) is 10.4. The van der Waals surface area contributed by atoms with Crippen LogP contribution in [0.4, 0.5) is 0 Å². The van der Waals surface area contributed by atoms with Gasteiger partial charge in [-0.2, -0.15) is 0 Å².